The average Bonchev–Trinajstić information content (AvgIpc) is 3.21. The summed E-state index contributed by atoms with van der Waals surface area (Å²) in [7, 11) is 0. The molecule has 5 heteroatoms. The Kier molecular flexibility index (Phi) is 6.77. The van der Waals surface area contributed by atoms with Crippen LogP contribution < -0.4 is 0 Å². The first-order valence-electron chi connectivity index (χ1n) is 11.5. The lowest BCUT2D eigenvalue weighted by atomic mass is 9.98. The van der Waals surface area contributed by atoms with E-state index in [1.165, 1.54) is 46.1 Å². The van der Waals surface area contributed by atoms with Gasteiger partial charge in [0.15, 0.2) is 6.29 Å². The first kappa shape index (κ1) is 23.1. The highest BCUT2D eigenvalue weighted by atomic mass is 32.2. The highest BCUT2D eigenvalue weighted by molar-refractivity contribution is 7.99. The minimum absolute atomic E-state index is 0.00600. The molecule has 35 heavy (non-hydrogen) atoms. The summed E-state index contributed by atoms with van der Waals surface area (Å²) in [6.45, 7) is 0.268. The summed E-state index contributed by atoms with van der Waals surface area (Å²) < 4.78 is 19.7. The Morgan fingerprint density at radius 3 is 2.23 bits per heavy atom. The Bertz CT molecular complexity index is 1350. The molecule has 0 radical (unpaired) electrons. The Morgan fingerprint density at radius 1 is 0.857 bits per heavy atom. The monoisotopic (exact) mass is 482 g/mol. The van der Waals surface area contributed by atoms with E-state index in [1.54, 1.807) is 18.2 Å². The van der Waals surface area contributed by atoms with Gasteiger partial charge in [0.2, 0.25) is 0 Å². The van der Waals surface area contributed by atoms with Crippen LogP contribution in [-0.2, 0) is 16.0 Å². The smallest absolute Gasteiger partial charge is 0.306 e. The number of aldehydes is 1. The number of esters is 1. The average molecular weight is 483 g/mol. The van der Waals surface area contributed by atoms with Crippen molar-refractivity contribution in [1.29, 1.82) is 0 Å². The maximum Gasteiger partial charge on any atom is 0.306 e. The van der Waals surface area contributed by atoms with Crippen LogP contribution >= 0.6 is 11.8 Å². The van der Waals surface area contributed by atoms with Gasteiger partial charge in [-0.2, -0.15) is 0 Å². The molecule has 0 aliphatic heterocycles. The lowest BCUT2D eigenvalue weighted by Crippen LogP contribution is -2.13. The van der Waals surface area contributed by atoms with Crippen molar-refractivity contribution >= 4 is 24.0 Å². The summed E-state index contributed by atoms with van der Waals surface area (Å²) in [4.78, 5) is 25.7. The normalized spacial score (nSPS) is 12.1. The lowest BCUT2D eigenvalue weighted by molar-refractivity contribution is -0.143. The fourth-order valence-electron chi connectivity index (χ4n) is 4.56. The van der Waals surface area contributed by atoms with Gasteiger partial charge in [0.05, 0.1) is 0 Å². The van der Waals surface area contributed by atoms with Crippen molar-refractivity contribution in [3.63, 3.8) is 0 Å². The fraction of sp³-hybridized carbons (Fsp3) is 0.133. The predicted octanol–water partition coefficient (Wildman–Crippen LogP) is 7.08. The molecule has 0 fully saturated rings. The highest BCUT2D eigenvalue weighted by Gasteiger charge is 2.29. The molecule has 0 amide bonds. The van der Waals surface area contributed by atoms with Crippen LogP contribution in [0.5, 0.6) is 0 Å². The number of carbonyl (C=O) groups excluding carboxylic acids is 2. The SMILES string of the molecule is O=Cc1ccccc1Sc1ccc(F)cc1CCC(=O)OCC1c2ccccc2-c2ccccc21. The molecule has 1 aliphatic rings. The Morgan fingerprint density at radius 2 is 1.51 bits per heavy atom. The maximum absolute atomic E-state index is 14.0. The van der Waals surface area contributed by atoms with Gasteiger partial charge in [0, 0.05) is 27.7 Å². The zero-order valence-electron chi connectivity index (χ0n) is 18.9. The van der Waals surface area contributed by atoms with E-state index in [0.717, 1.165) is 16.1 Å². The Hall–Kier alpha value is -3.70. The van der Waals surface area contributed by atoms with Crippen LogP contribution in [0.2, 0.25) is 0 Å². The minimum Gasteiger partial charge on any atom is -0.465 e. The second kappa shape index (κ2) is 10.3. The molecular weight excluding hydrogens is 459 g/mol. The molecule has 0 saturated carbocycles. The number of rotatable bonds is 8. The second-order valence-corrected chi connectivity index (χ2v) is 9.50. The van der Waals surface area contributed by atoms with Crippen molar-refractivity contribution < 1.29 is 18.7 Å². The largest absolute Gasteiger partial charge is 0.465 e. The molecule has 5 rings (SSSR count). The number of aryl methyl sites for hydroxylation is 1. The van der Waals surface area contributed by atoms with Gasteiger partial charge in [-0.25, -0.2) is 4.39 Å². The first-order valence-corrected chi connectivity index (χ1v) is 12.3. The van der Waals surface area contributed by atoms with Gasteiger partial charge >= 0.3 is 5.97 Å². The van der Waals surface area contributed by atoms with E-state index in [1.807, 2.05) is 36.4 Å². The van der Waals surface area contributed by atoms with E-state index >= 15 is 0 Å². The molecule has 0 unspecified atom stereocenters. The lowest BCUT2D eigenvalue weighted by Gasteiger charge is -2.15. The first-order chi connectivity index (χ1) is 17.1. The van der Waals surface area contributed by atoms with E-state index in [0.29, 0.717) is 17.5 Å². The molecular formula is C30H23FO3S. The highest BCUT2D eigenvalue weighted by Crippen LogP contribution is 2.44. The molecule has 0 bridgehead atoms. The number of halogens is 1. The van der Waals surface area contributed by atoms with Crippen molar-refractivity contribution in [2.45, 2.75) is 28.6 Å². The third kappa shape index (κ3) is 4.91. The minimum atomic E-state index is -0.361. The molecule has 174 valence electrons. The van der Waals surface area contributed by atoms with Crippen LogP contribution in [-0.4, -0.2) is 18.9 Å². The van der Waals surface area contributed by atoms with E-state index < -0.39 is 0 Å². The van der Waals surface area contributed by atoms with Crippen LogP contribution in [0.3, 0.4) is 0 Å². The standard InChI is InChI=1S/C30H23FO3S/c31-22-14-15-29(35-28-12-6-1-7-21(28)18-32)20(17-22)13-16-30(33)34-19-27-25-10-4-2-8-23(25)24-9-3-5-11-26(24)27/h1-12,14-15,17-18,27H,13,16,19H2. The van der Waals surface area contributed by atoms with Crippen molar-refractivity contribution in [2.24, 2.45) is 0 Å². The van der Waals surface area contributed by atoms with Crippen molar-refractivity contribution in [3.05, 3.63) is 119 Å². The molecule has 0 spiro atoms. The molecule has 3 nitrogen and oxygen atoms in total. The fourth-order valence-corrected chi connectivity index (χ4v) is 5.60. The third-order valence-electron chi connectivity index (χ3n) is 6.26. The third-order valence-corrected chi connectivity index (χ3v) is 7.47. The number of benzene rings is 4. The number of hydrogen-bond acceptors (Lipinski definition) is 4. The van der Waals surface area contributed by atoms with Gasteiger partial charge in [-0.15, -0.1) is 0 Å². The zero-order valence-corrected chi connectivity index (χ0v) is 19.8. The van der Waals surface area contributed by atoms with E-state index in [2.05, 4.69) is 24.3 Å². The van der Waals surface area contributed by atoms with Crippen molar-refractivity contribution in [1.82, 2.24) is 0 Å². The van der Waals surface area contributed by atoms with Crippen LogP contribution in [0, 0.1) is 5.82 Å². The van der Waals surface area contributed by atoms with Crippen LogP contribution in [0.4, 0.5) is 4.39 Å². The van der Waals surface area contributed by atoms with Crippen LogP contribution in [0.25, 0.3) is 11.1 Å². The topological polar surface area (TPSA) is 43.4 Å². The molecule has 0 aromatic heterocycles. The van der Waals surface area contributed by atoms with E-state index in [-0.39, 0.29) is 30.7 Å². The number of hydrogen-bond donors (Lipinski definition) is 0. The summed E-state index contributed by atoms with van der Waals surface area (Å²) in [5.41, 5.74) is 5.98. The van der Waals surface area contributed by atoms with E-state index in [9.17, 15) is 14.0 Å². The summed E-state index contributed by atoms with van der Waals surface area (Å²) in [5.74, 6) is -0.674. The second-order valence-electron chi connectivity index (χ2n) is 8.42. The molecule has 4 aromatic rings. The Balaban J connectivity index is 1.26. The molecule has 0 heterocycles. The van der Waals surface area contributed by atoms with Crippen LogP contribution in [0.15, 0.2) is 101 Å². The van der Waals surface area contributed by atoms with Gasteiger partial charge in [-0.3, -0.25) is 9.59 Å². The van der Waals surface area contributed by atoms with Gasteiger partial charge < -0.3 is 4.74 Å². The summed E-state index contributed by atoms with van der Waals surface area (Å²) in [6, 6.07) is 28.2. The summed E-state index contributed by atoms with van der Waals surface area (Å²) in [6.07, 6.45) is 1.30. The van der Waals surface area contributed by atoms with E-state index in [4.69, 9.17) is 4.74 Å². The molecule has 0 saturated heterocycles. The quantitative estimate of drug-likeness (QED) is 0.199. The molecule has 1 aliphatic carbocycles. The molecule has 4 aromatic carbocycles. The van der Waals surface area contributed by atoms with Crippen molar-refractivity contribution in [3.8, 4) is 11.1 Å². The van der Waals surface area contributed by atoms with Crippen LogP contribution in [0.1, 0.15) is 39.4 Å². The maximum atomic E-state index is 14.0. The van der Waals surface area contributed by atoms with Gasteiger partial charge in [-0.1, -0.05) is 78.5 Å². The van der Waals surface area contributed by atoms with Crippen molar-refractivity contribution in [2.75, 3.05) is 6.61 Å². The Labute approximate surface area is 208 Å². The molecule has 0 N–H and O–H groups in total. The predicted molar refractivity (Wildman–Crippen MR) is 135 cm³/mol. The summed E-state index contributed by atoms with van der Waals surface area (Å²) >= 11 is 1.39. The van der Waals surface area contributed by atoms with Gasteiger partial charge in [0.25, 0.3) is 0 Å². The molecule has 0 atom stereocenters. The van der Waals surface area contributed by atoms with Gasteiger partial charge in [-0.05, 0) is 58.5 Å². The summed E-state index contributed by atoms with van der Waals surface area (Å²) in [5, 5.41) is 0. The number of ether oxygens (including phenoxy) is 1. The number of carbonyl (C=O) groups is 2. The van der Waals surface area contributed by atoms with Gasteiger partial charge in [0.1, 0.15) is 12.4 Å². The zero-order chi connectivity index (χ0) is 24.2. The number of fused-ring (bicyclic) bond motifs is 3.